The number of non-ortho nitro benzene ring substituents is 3. The lowest BCUT2D eigenvalue weighted by atomic mass is 10.1. The zero-order valence-corrected chi connectivity index (χ0v) is 63.0. The lowest BCUT2D eigenvalue weighted by Crippen LogP contribution is -2.29. The number of nitro benzene ring substituents is 3. The van der Waals surface area contributed by atoms with E-state index < -0.39 is 85.8 Å². The van der Waals surface area contributed by atoms with Crippen molar-refractivity contribution in [3.8, 4) is 34.5 Å². The van der Waals surface area contributed by atoms with E-state index in [1.165, 1.54) is 260 Å². The summed E-state index contributed by atoms with van der Waals surface area (Å²) in [6, 6.07) is 64.5. The minimum Gasteiger partial charge on any atom is -0.478 e. The zero-order valence-electron chi connectivity index (χ0n) is 63.0. The highest BCUT2D eigenvalue weighted by atomic mass is 16.6. The van der Waals surface area contributed by atoms with Gasteiger partial charge in [0.1, 0.15) is 34.5 Å². The maximum atomic E-state index is 13.2. The van der Waals surface area contributed by atoms with Crippen molar-refractivity contribution in [2.75, 3.05) is 44.7 Å². The molecule has 0 atom stereocenters. The van der Waals surface area contributed by atoms with Gasteiger partial charge in [0.2, 0.25) is 6.41 Å². The van der Waals surface area contributed by atoms with Gasteiger partial charge in [0.15, 0.2) is 0 Å². The topological polar surface area (TPSA) is 489 Å². The van der Waals surface area contributed by atoms with Crippen molar-refractivity contribution in [2.45, 2.75) is 0 Å². The first-order valence-electron chi connectivity index (χ1n) is 35.6. The Balaban J connectivity index is 0.000000163. The Labute approximate surface area is 686 Å². The van der Waals surface area contributed by atoms with Gasteiger partial charge in [0.25, 0.3) is 70.2 Å². The SMILES string of the molecule is CN(C)C=O.O=C(Nc1ccccc1C(=O)O)c1cccc(N2C(=O)c3ccc(Oc4cccc([N+](=O)[O-])c4)cc3C2=O)c1.O=C(Nc1ccccc1C(=O)O)c1cccc(N2C(=O)c3ccc(Oc4cccc([N+](=O)[O-])c4)cc3C2=O)c1.O=C(Nc1ccccc1C(=O)O)c1cccc(N2C(=O)c3ccc(Oc4cccc([N+](=O)[O-])c4)cc3C2=O)c1. The highest BCUT2D eigenvalue weighted by Crippen LogP contribution is 2.39. The summed E-state index contributed by atoms with van der Waals surface area (Å²) in [4.78, 5) is 197. The van der Waals surface area contributed by atoms with Crippen LogP contribution in [0.15, 0.2) is 273 Å². The standard InChI is InChI=1S/3C28H17N3O8.C3H7NO/c3*32-25(29-24-10-2-1-9-22(24)28(35)36)16-5-3-6-17(13-16)30-26(33)21-12-11-20(15-23(21)27(30)34)39-19-8-4-7-18(14-19)31(37)38;1-4(2)3-5/h3*1-15H,(H,29,32)(H,35,36);3H,1-2H3. The Hall–Kier alpha value is -18.1. The summed E-state index contributed by atoms with van der Waals surface area (Å²) in [5.41, 5.74) is 0.777. The predicted molar refractivity (Wildman–Crippen MR) is 435 cm³/mol. The number of hydrogen-bond acceptors (Lipinski definition) is 22. The second-order valence-electron chi connectivity index (χ2n) is 26.2. The largest absolute Gasteiger partial charge is 0.478 e. The first-order chi connectivity index (χ1) is 58.4. The Morgan fingerprint density at radius 3 is 0.803 bits per heavy atom. The predicted octanol–water partition coefficient (Wildman–Crippen LogP) is 15.1. The summed E-state index contributed by atoms with van der Waals surface area (Å²) in [6.07, 6.45) is 0.750. The number of carboxylic acids is 3. The molecule has 0 saturated carbocycles. The van der Waals surface area contributed by atoms with Crippen LogP contribution < -0.4 is 44.9 Å². The number of carboxylic acid groups (broad SMARTS) is 3. The van der Waals surface area contributed by atoms with Gasteiger partial charge in [-0.15, -0.1) is 0 Å². The van der Waals surface area contributed by atoms with Gasteiger partial charge in [0, 0.05) is 49.0 Å². The third-order valence-corrected chi connectivity index (χ3v) is 17.9. The van der Waals surface area contributed by atoms with Gasteiger partial charge in [-0.3, -0.25) is 78.3 Å². The van der Waals surface area contributed by atoms with Crippen LogP contribution in [-0.2, 0) is 4.79 Å². The number of fused-ring (bicyclic) bond motifs is 3. The number of rotatable bonds is 22. The number of nitrogens with zero attached hydrogens (tertiary/aromatic N) is 7. The van der Waals surface area contributed by atoms with E-state index in [4.69, 9.17) is 14.2 Å². The van der Waals surface area contributed by atoms with Crippen LogP contribution >= 0.6 is 0 Å². The van der Waals surface area contributed by atoms with E-state index in [9.17, 15) is 108 Å². The number of imide groups is 3. The number of ether oxygens (including phenoxy) is 3. The summed E-state index contributed by atoms with van der Waals surface area (Å²) in [7, 11) is 3.38. The molecule has 35 heteroatoms. The van der Waals surface area contributed by atoms with Gasteiger partial charge < -0.3 is 50.4 Å². The molecule has 0 saturated heterocycles. The molecule has 0 spiro atoms. The van der Waals surface area contributed by atoms with Crippen molar-refractivity contribution in [3.05, 3.63) is 370 Å². The normalized spacial score (nSPS) is 11.9. The molecule has 0 unspecified atom stereocenters. The summed E-state index contributed by atoms with van der Waals surface area (Å²) in [5, 5.41) is 68.7. The number of para-hydroxylation sites is 3. The van der Waals surface area contributed by atoms with Crippen LogP contribution in [0.5, 0.6) is 34.5 Å². The summed E-state index contributed by atoms with van der Waals surface area (Å²) in [5.74, 6) is -8.13. The molecule has 12 aromatic rings. The highest BCUT2D eigenvalue weighted by molar-refractivity contribution is 6.36. The van der Waals surface area contributed by atoms with Crippen LogP contribution in [0, 0.1) is 30.3 Å². The summed E-state index contributed by atoms with van der Waals surface area (Å²) in [6.45, 7) is 0. The van der Waals surface area contributed by atoms with Crippen LogP contribution in [-0.4, -0.2) is 127 Å². The van der Waals surface area contributed by atoms with Crippen LogP contribution in [0.25, 0.3) is 0 Å². The Morgan fingerprint density at radius 1 is 0.320 bits per heavy atom. The molecule has 10 amide bonds. The second kappa shape index (κ2) is 36.2. The maximum Gasteiger partial charge on any atom is 0.337 e. The molecule has 6 N–H and O–H groups in total. The third-order valence-electron chi connectivity index (χ3n) is 17.9. The second-order valence-corrected chi connectivity index (χ2v) is 26.2. The number of nitro groups is 3. The van der Waals surface area contributed by atoms with Crippen molar-refractivity contribution >= 4 is 129 Å². The molecule has 0 aromatic heterocycles. The molecule has 12 aromatic carbocycles. The monoisotopic (exact) mass is 1640 g/mol. The number of carbonyl (C=O) groups excluding carboxylic acids is 10. The molecular weight excluding hydrogens is 1590 g/mol. The average molecular weight is 1640 g/mol. The van der Waals surface area contributed by atoms with E-state index in [1.807, 2.05) is 0 Å². The fraction of sp³-hybridized carbons (Fsp3) is 0.0230. The first kappa shape index (κ1) is 83.4. The molecule has 0 radical (unpaired) electrons. The van der Waals surface area contributed by atoms with Crippen molar-refractivity contribution in [2.24, 2.45) is 0 Å². The first-order valence-corrected chi connectivity index (χ1v) is 35.6. The van der Waals surface area contributed by atoms with Gasteiger partial charge in [-0.2, -0.15) is 0 Å². The van der Waals surface area contributed by atoms with Crippen molar-refractivity contribution < 1.29 is 107 Å². The maximum absolute atomic E-state index is 13.2. The van der Waals surface area contributed by atoms with E-state index in [1.54, 1.807) is 32.3 Å². The number of hydrogen-bond donors (Lipinski definition) is 6. The number of nitrogens with one attached hydrogen (secondary N) is 3. The van der Waals surface area contributed by atoms with Crippen LogP contribution in [0.2, 0.25) is 0 Å². The van der Waals surface area contributed by atoms with Gasteiger partial charge in [0.05, 0.1) is 117 Å². The minimum absolute atomic E-state index is 0.0631. The summed E-state index contributed by atoms with van der Waals surface area (Å²) >= 11 is 0. The molecule has 0 bridgehead atoms. The zero-order chi connectivity index (χ0) is 87.3. The molecule has 35 nitrogen and oxygen atoms in total. The lowest BCUT2D eigenvalue weighted by Gasteiger charge is -2.15. The fourth-order valence-corrected chi connectivity index (χ4v) is 12.2. The molecule has 3 aliphatic rings. The molecule has 0 fully saturated rings. The molecule has 606 valence electrons. The van der Waals surface area contributed by atoms with Gasteiger partial charge in [-0.25, -0.2) is 29.1 Å². The van der Waals surface area contributed by atoms with Crippen LogP contribution in [0.1, 0.15) is 124 Å². The fourth-order valence-electron chi connectivity index (χ4n) is 12.2. The Morgan fingerprint density at radius 2 is 0.557 bits per heavy atom. The third kappa shape index (κ3) is 18.7. The van der Waals surface area contributed by atoms with Crippen molar-refractivity contribution in [1.82, 2.24) is 4.90 Å². The van der Waals surface area contributed by atoms with E-state index in [0.717, 1.165) is 21.1 Å². The smallest absolute Gasteiger partial charge is 0.337 e. The van der Waals surface area contributed by atoms with Crippen molar-refractivity contribution in [3.63, 3.8) is 0 Å². The number of amides is 10. The highest BCUT2D eigenvalue weighted by Gasteiger charge is 2.41. The van der Waals surface area contributed by atoms with Crippen molar-refractivity contribution in [1.29, 1.82) is 0 Å². The molecule has 122 heavy (non-hydrogen) atoms. The molecule has 3 heterocycles. The number of carbonyl (C=O) groups is 13. The van der Waals surface area contributed by atoms with Gasteiger partial charge in [-0.05, 0) is 164 Å². The Kier molecular flexibility index (Phi) is 24.7. The molecule has 3 aliphatic heterocycles. The van der Waals surface area contributed by atoms with Gasteiger partial charge >= 0.3 is 17.9 Å². The van der Waals surface area contributed by atoms with E-state index >= 15 is 0 Å². The molecule has 15 rings (SSSR count). The number of aromatic carboxylic acids is 3. The van der Waals surface area contributed by atoms with Crippen LogP contribution in [0.3, 0.4) is 0 Å². The van der Waals surface area contributed by atoms with E-state index in [0.29, 0.717) is 0 Å². The van der Waals surface area contributed by atoms with Gasteiger partial charge in [-0.1, -0.05) is 72.8 Å². The van der Waals surface area contributed by atoms with E-state index in [-0.39, 0.29) is 152 Å². The minimum atomic E-state index is -1.21. The number of anilines is 6. The average Bonchev–Trinajstić information content (AvgIpc) is 1.62. The molecule has 0 aliphatic carbocycles. The van der Waals surface area contributed by atoms with E-state index in [2.05, 4.69) is 16.0 Å². The summed E-state index contributed by atoms with van der Waals surface area (Å²) < 4.78 is 17.0. The Bertz CT molecular complexity index is 5810. The molecular formula is C87H58N10O25. The lowest BCUT2D eigenvalue weighted by molar-refractivity contribution is -0.385. The number of benzene rings is 12. The quantitative estimate of drug-likeness (QED) is 0.0159. The van der Waals surface area contributed by atoms with Crippen LogP contribution in [0.4, 0.5) is 51.2 Å².